The Hall–Kier alpha value is -3.77. The second kappa shape index (κ2) is 10.7. The zero-order chi connectivity index (χ0) is 25.8. The van der Waals surface area contributed by atoms with Crippen LogP contribution in [0, 0.1) is 5.92 Å². The van der Waals surface area contributed by atoms with Crippen LogP contribution < -0.4 is 4.74 Å². The largest absolute Gasteiger partial charge is 0.493 e. The summed E-state index contributed by atoms with van der Waals surface area (Å²) in [7, 11) is 0. The van der Waals surface area contributed by atoms with Gasteiger partial charge in [0.05, 0.1) is 6.61 Å². The minimum absolute atomic E-state index is 0.0768. The van der Waals surface area contributed by atoms with E-state index in [0.29, 0.717) is 24.5 Å². The first kappa shape index (κ1) is 24.9. The highest BCUT2D eigenvalue weighted by molar-refractivity contribution is 5.99. The zero-order valence-corrected chi connectivity index (χ0v) is 20.7. The molecule has 5 rings (SSSR count). The fraction of sp³-hybridized carbons (Fsp3) is 0.323. The fourth-order valence-corrected chi connectivity index (χ4v) is 5.37. The third kappa shape index (κ3) is 5.20. The van der Waals surface area contributed by atoms with E-state index in [1.165, 1.54) is 25.7 Å². The van der Waals surface area contributed by atoms with Crippen molar-refractivity contribution in [1.82, 2.24) is 0 Å². The molecule has 1 aliphatic heterocycles. The number of benzene rings is 3. The van der Waals surface area contributed by atoms with E-state index < -0.39 is 18.1 Å². The van der Waals surface area contributed by atoms with Crippen molar-refractivity contribution in [2.24, 2.45) is 10.9 Å². The number of ether oxygens (including phenoxy) is 1. The minimum atomic E-state index is -1.18. The van der Waals surface area contributed by atoms with Gasteiger partial charge in [-0.1, -0.05) is 43.2 Å². The first-order valence-corrected chi connectivity index (χ1v) is 12.9. The molecule has 0 amide bonds. The van der Waals surface area contributed by atoms with Crippen molar-refractivity contribution in [3.63, 3.8) is 0 Å². The second-order valence-electron chi connectivity index (χ2n) is 9.95. The molecule has 0 spiro atoms. The molecule has 1 fully saturated rings. The van der Waals surface area contributed by atoms with Crippen LogP contribution in [0.25, 0.3) is 21.9 Å². The SMILES string of the molecule is O=C(O)CCc1ccc(OCC2CCCC2)c(-c2ccc3cc(C4(C(=O)CO)C=CC=N4)ccc3c2)c1. The normalized spacial score (nSPS) is 19.1. The van der Waals surface area contributed by atoms with Crippen LogP contribution in [0.2, 0.25) is 0 Å². The van der Waals surface area contributed by atoms with Gasteiger partial charge in [0.2, 0.25) is 0 Å². The summed E-state index contributed by atoms with van der Waals surface area (Å²) in [6.45, 7) is 0.105. The maximum absolute atomic E-state index is 12.6. The Labute approximate surface area is 216 Å². The van der Waals surface area contributed by atoms with E-state index in [2.05, 4.69) is 11.1 Å². The van der Waals surface area contributed by atoms with E-state index in [9.17, 15) is 14.7 Å². The molecule has 0 bridgehead atoms. The number of hydrogen-bond donors (Lipinski definition) is 2. The molecular weight excluding hydrogens is 466 g/mol. The Morgan fingerprint density at radius 3 is 2.51 bits per heavy atom. The van der Waals surface area contributed by atoms with Gasteiger partial charge in [0.25, 0.3) is 0 Å². The smallest absolute Gasteiger partial charge is 0.303 e. The number of aliphatic carboxylic acids is 1. The first-order chi connectivity index (χ1) is 18.0. The van der Waals surface area contributed by atoms with Gasteiger partial charge in [-0.05, 0) is 89.1 Å². The monoisotopic (exact) mass is 497 g/mol. The molecule has 2 aliphatic rings. The third-order valence-corrected chi connectivity index (χ3v) is 7.48. The summed E-state index contributed by atoms with van der Waals surface area (Å²) in [6.07, 6.45) is 10.5. The quantitative estimate of drug-likeness (QED) is 0.386. The molecule has 3 aromatic rings. The molecule has 190 valence electrons. The number of hydrogen-bond acceptors (Lipinski definition) is 5. The van der Waals surface area contributed by atoms with Crippen molar-refractivity contribution in [3.05, 3.63) is 77.9 Å². The van der Waals surface area contributed by atoms with Gasteiger partial charge in [0, 0.05) is 18.2 Å². The number of allylic oxidation sites excluding steroid dienone is 1. The number of rotatable bonds is 10. The molecule has 1 aliphatic carbocycles. The molecule has 37 heavy (non-hydrogen) atoms. The standard InChI is InChI=1S/C31H31NO5/c33-19-29(34)31(14-3-15-32-31)26-11-10-23-17-25(9-8-24(23)18-26)27-16-21(7-13-30(35)36)6-12-28(27)37-20-22-4-1-2-5-22/h3,6,8-12,14-18,22,33H,1-2,4-5,7,13,19-20H2,(H,35,36). The Kier molecular flexibility index (Phi) is 7.19. The van der Waals surface area contributed by atoms with Crippen molar-refractivity contribution in [1.29, 1.82) is 0 Å². The van der Waals surface area contributed by atoms with E-state index in [1.807, 2.05) is 48.5 Å². The molecule has 0 aromatic heterocycles. The number of aliphatic hydroxyl groups excluding tert-OH is 1. The van der Waals surface area contributed by atoms with E-state index in [4.69, 9.17) is 9.84 Å². The van der Waals surface area contributed by atoms with Crippen LogP contribution >= 0.6 is 0 Å². The lowest BCUT2D eigenvalue weighted by Crippen LogP contribution is -2.33. The predicted octanol–water partition coefficient (Wildman–Crippen LogP) is 5.49. The Bertz CT molecular complexity index is 1370. The lowest BCUT2D eigenvalue weighted by Gasteiger charge is -2.23. The summed E-state index contributed by atoms with van der Waals surface area (Å²) in [6, 6.07) is 17.9. The number of nitrogens with zero attached hydrogens (tertiary/aromatic N) is 1. The average molecular weight is 498 g/mol. The Balaban J connectivity index is 1.49. The summed E-state index contributed by atoms with van der Waals surface area (Å²) < 4.78 is 6.31. The van der Waals surface area contributed by atoms with Crippen molar-refractivity contribution in [2.45, 2.75) is 44.1 Å². The van der Waals surface area contributed by atoms with Crippen LogP contribution in [0.3, 0.4) is 0 Å². The molecule has 1 heterocycles. The number of carbonyl (C=O) groups is 2. The highest BCUT2D eigenvalue weighted by Gasteiger charge is 2.37. The first-order valence-electron chi connectivity index (χ1n) is 12.9. The highest BCUT2D eigenvalue weighted by Crippen LogP contribution is 2.37. The van der Waals surface area contributed by atoms with Gasteiger partial charge in [0.15, 0.2) is 11.3 Å². The number of carboxylic acids is 1. The average Bonchev–Trinajstić information content (AvgIpc) is 3.63. The molecular formula is C31H31NO5. The molecule has 0 saturated heterocycles. The van der Waals surface area contributed by atoms with Gasteiger partial charge in [-0.25, -0.2) is 0 Å². The number of aliphatic hydroxyl groups is 1. The third-order valence-electron chi connectivity index (χ3n) is 7.48. The van der Waals surface area contributed by atoms with Gasteiger partial charge >= 0.3 is 5.97 Å². The number of Topliss-reactive ketones (excluding diaryl/α,β-unsaturated/α-hetero) is 1. The maximum atomic E-state index is 12.6. The van der Waals surface area contributed by atoms with Crippen LogP contribution in [-0.4, -0.2) is 41.4 Å². The molecule has 2 N–H and O–H groups in total. The zero-order valence-electron chi connectivity index (χ0n) is 20.7. The second-order valence-corrected chi connectivity index (χ2v) is 9.95. The number of aliphatic imine (C=N–C) groups is 1. The maximum Gasteiger partial charge on any atom is 0.303 e. The molecule has 1 atom stereocenters. The van der Waals surface area contributed by atoms with Crippen LogP contribution in [0.5, 0.6) is 5.75 Å². The van der Waals surface area contributed by atoms with Crippen molar-refractivity contribution >= 4 is 28.7 Å². The number of carbonyl (C=O) groups excluding carboxylic acids is 1. The van der Waals surface area contributed by atoms with Crippen molar-refractivity contribution in [2.75, 3.05) is 13.2 Å². The van der Waals surface area contributed by atoms with Gasteiger partial charge in [-0.15, -0.1) is 0 Å². The lowest BCUT2D eigenvalue weighted by molar-refractivity contribution is -0.137. The van der Waals surface area contributed by atoms with Gasteiger partial charge in [-0.2, -0.15) is 0 Å². The molecule has 1 unspecified atom stereocenters. The number of fused-ring (bicyclic) bond motifs is 1. The number of aryl methyl sites for hydroxylation is 1. The van der Waals surface area contributed by atoms with Gasteiger partial charge in [-0.3, -0.25) is 14.6 Å². The minimum Gasteiger partial charge on any atom is -0.493 e. The summed E-state index contributed by atoms with van der Waals surface area (Å²) in [4.78, 5) is 28.1. The predicted molar refractivity (Wildman–Crippen MR) is 144 cm³/mol. The Morgan fingerprint density at radius 1 is 1.00 bits per heavy atom. The lowest BCUT2D eigenvalue weighted by atomic mass is 9.85. The summed E-state index contributed by atoms with van der Waals surface area (Å²) in [5.41, 5.74) is 2.42. The van der Waals surface area contributed by atoms with E-state index in [0.717, 1.165) is 33.2 Å². The van der Waals surface area contributed by atoms with E-state index in [1.54, 1.807) is 18.4 Å². The van der Waals surface area contributed by atoms with Crippen LogP contribution in [0.4, 0.5) is 0 Å². The number of carboxylic acid groups (broad SMARTS) is 1. The van der Waals surface area contributed by atoms with E-state index >= 15 is 0 Å². The highest BCUT2D eigenvalue weighted by atomic mass is 16.5. The van der Waals surface area contributed by atoms with Crippen LogP contribution in [0.1, 0.15) is 43.2 Å². The van der Waals surface area contributed by atoms with Crippen LogP contribution in [0.15, 0.2) is 71.7 Å². The summed E-state index contributed by atoms with van der Waals surface area (Å²) in [5, 5.41) is 20.6. The fourth-order valence-electron chi connectivity index (χ4n) is 5.37. The summed E-state index contributed by atoms with van der Waals surface area (Å²) in [5.74, 6) is 0.204. The molecule has 1 saturated carbocycles. The van der Waals surface area contributed by atoms with Crippen molar-refractivity contribution in [3.8, 4) is 16.9 Å². The molecule has 6 heteroatoms. The van der Waals surface area contributed by atoms with E-state index in [-0.39, 0.29) is 12.2 Å². The molecule has 6 nitrogen and oxygen atoms in total. The van der Waals surface area contributed by atoms with Gasteiger partial charge < -0.3 is 14.9 Å². The van der Waals surface area contributed by atoms with Gasteiger partial charge in [0.1, 0.15) is 12.4 Å². The topological polar surface area (TPSA) is 96.2 Å². The number of ketones is 1. The summed E-state index contributed by atoms with van der Waals surface area (Å²) >= 11 is 0. The molecule has 0 radical (unpaired) electrons. The van der Waals surface area contributed by atoms with Crippen LogP contribution in [-0.2, 0) is 21.5 Å². The molecule has 3 aromatic carbocycles. The Morgan fingerprint density at radius 2 is 1.78 bits per heavy atom. The van der Waals surface area contributed by atoms with Crippen molar-refractivity contribution < 1.29 is 24.5 Å².